The summed E-state index contributed by atoms with van der Waals surface area (Å²) in [4.78, 5) is 12.3. The zero-order valence-corrected chi connectivity index (χ0v) is 11.2. The van der Waals surface area contributed by atoms with Crippen molar-refractivity contribution in [1.82, 2.24) is 15.0 Å². The molecule has 6 nitrogen and oxygen atoms in total. The minimum Gasteiger partial charge on any atom is -0.467 e. The molecule has 1 saturated carbocycles. The number of ether oxygens (including phenoxy) is 2. The second kappa shape index (κ2) is 5.37. The summed E-state index contributed by atoms with van der Waals surface area (Å²) in [6.07, 6.45) is 5.03. The fourth-order valence-corrected chi connectivity index (χ4v) is 2.09. The summed E-state index contributed by atoms with van der Waals surface area (Å²) in [6, 6.07) is 0.536. The molecule has 0 spiro atoms. The lowest BCUT2D eigenvalue weighted by molar-refractivity contribution is 0.340. The van der Waals surface area contributed by atoms with E-state index in [-0.39, 0.29) is 12.0 Å². The third-order valence-electron chi connectivity index (χ3n) is 3.32. The number of rotatable bonds is 7. The molecule has 0 unspecified atom stereocenters. The van der Waals surface area contributed by atoms with Gasteiger partial charge in [-0.15, -0.1) is 4.98 Å². The molecular formula is C12H20N4O2. The van der Waals surface area contributed by atoms with Crippen LogP contribution in [0.25, 0.3) is 0 Å². The van der Waals surface area contributed by atoms with Gasteiger partial charge in [-0.05, 0) is 24.7 Å². The smallest absolute Gasteiger partial charge is 0.324 e. The van der Waals surface area contributed by atoms with Crippen molar-refractivity contribution >= 4 is 5.95 Å². The molecule has 1 fully saturated rings. The molecular weight excluding hydrogens is 232 g/mol. The summed E-state index contributed by atoms with van der Waals surface area (Å²) in [5, 5.41) is 3.26. The van der Waals surface area contributed by atoms with Gasteiger partial charge >= 0.3 is 12.0 Å². The van der Waals surface area contributed by atoms with Crippen molar-refractivity contribution in [2.45, 2.75) is 32.6 Å². The minimum absolute atomic E-state index is 0.268. The molecule has 2 rings (SSSR count). The van der Waals surface area contributed by atoms with E-state index in [1.807, 2.05) is 0 Å². The van der Waals surface area contributed by atoms with Crippen molar-refractivity contribution < 1.29 is 9.47 Å². The van der Waals surface area contributed by atoms with Gasteiger partial charge in [-0.2, -0.15) is 9.97 Å². The van der Waals surface area contributed by atoms with E-state index < -0.39 is 0 Å². The van der Waals surface area contributed by atoms with E-state index in [2.05, 4.69) is 27.2 Å². The fourth-order valence-electron chi connectivity index (χ4n) is 2.09. The van der Waals surface area contributed by atoms with Gasteiger partial charge in [-0.1, -0.05) is 13.3 Å². The highest BCUT2D eigenvalue weighted by molar-refractivity contribution is 5.28. The first-order valence-corrected chi connectivity index (χ1v) is 6.29. The monoisotopic (exact) mass is 252 g/mol. The average Bonchev–Trinajstić information content (AvgIpc) is 3.16. The van der Waals surface area contributed by atoms with Gasteiger partial charge in [0.15, 0.2) is 0 Å². The summed E-state index contributed by atoms with van der Waals surface area (Å²) in [5.74, 6) is 0.515. The summed E-state index contributed by atoms with van der Waals surface area (Å²) >= 11 is 0. The van der Waals surface area contributed by atoms with Gasteiger partial charge in [-0.25, -0.2) is 0 Å². The number of nitrogens with zero attached hydrogens (tertiary/aromatic N) is 3. The number of hydrogen-bond donors (Lipinski definition) is 1. The van der Waals surface area contributed by atoms with Crippen LogP contribution in [0.2, 0.25) is 0 Å². The highest BCUT2D eigenvalue weighted by Gasteiger charge is 2.41. The van der Waals surface area contributed by atoms with Crippen LogP contribution in [0.1, 0.15) is 32.6 Å². The van der Waals surface area contributed by atoms with Crippen molar-refractivity contribution in [1.29, 1.82) is 0 Å². The van der Waals surface area contributed by atoms with Crippen molar-refractivity contribution in [3.05, 3.63) is 0 Å². The molecule has 1 heterocycles. The molecule has 1 aliphatic rings. The van der Waals surface area contributed by atoms with E-state index in [0.717, 1.165) is 6.54 Å². The maximum atomic E-state index is 5.01. The van der Waals surface area contributed by atoms with Crippen molar-refractivity contribution in [2.24, 2.45) is 5.41 Å². The quantitative estimate of drug-likeness (QED) is 0.799. The molecule has 0 bridgehead atoms. The van der Waals surface area contributed by atoms with Gasteiger partial charge in [0.05, 0.1) is 14.2 Å². The highest BCUT2D eigenvalue weighted by atomic mass is 16.5. The van der Waals surface area contributed by atoms with E-state index in [1.54, 1.807) is 0 Å². The molecule has 1 aromatic rings. The van der Waals surface area contributed by atoms with Crippen LogP contribution in [0.15, 0.2) is 0 Å². The number of nitrogens with one attached hydrogen (secondary N) is 1. The molecule has 0 atom stereocenters. The number of aromatic nitrogens is 3. The molecule has 1 aliphatic carbocycles. The fraction of sp³-hybridized carbons (Fsp3) is 0.750. The van der Waals surface area contributed by atoms with Gasteiger partial charge in [0.2, 0.25) is 5.95 Å². The Balaban J connectivity index is 2.00. The lowest BCUT2D eigenvalue weighted by atomic mass is 10.0. The molecule has 0 radical (unpaired) electrons. The van der Waals surface area contributed by atoms with Gasteiger partial charge in [-0.3, -0.25) is 0 Å². The van der Waals surface area contributed by atoms with E-state index in [4.69, 9.17) is 9.47 Å². The lowest BCUT2D eigenvalue weighted by Crippen LogP contribution is -2.17. The Morgan fingerprint density at radius 2 is 1.72 bits per heavy atom. The third-order valence-corrected chi connectivity index (χ3v) is 3.32. The Morgan fingerprint density at radius 1 is 1.11 bits per heavy atom. The molecule has 0 saturated heterocycles. The second-order valence-electron chi connectivity index (χ2n) is 4.74. The summed E-state index contributed by atoms with van der Waals surface area (Å²) in [6.45, 7) is 3.12. The second-order valence-corrected chi connectivity index (χ2v) is 4.74. The van der Waals surface area contributed by atoms with E-state index in [9.17, 15) is 0 Å². The SMILES string of the molecule is CCCC1(CNc2nc(OC)nc(OC)n2)CC1. The first-order chi connectivity index (χ1) is 8.71. The van der Waals surface area contributed by atoms with Crippen LogP contribution in [0.4, 0.5) is 5.95 Å². The van der Waals surface area contributed by atoms with Crippen LogP contribution in [0.3, 0.4) is 0 Å². The number of methoxy groups -OCH3 is 2. The predicted octanol–water partition coefficient (Wildman–Crippen LogP) is 1.88. The van der Waals surface area contributed by atoms with Crippen LogP contribution >= 0.6 is 0 Å². The molecule has 0 aromatic carbocycles. The van der Waals surface area contributed by atoms with Crippen molar-refractivity contribution in [3.63, 3.8) is 0 Å². The molecule has 0 aliphatic heterocycles. The largest absolute Gasteiger partial charge is 0.467 e. The molecule has 100 valence electrons. The maximum Gasteiger partial charge on any atom is 0.324 e. The summed E-state index contributed by atoms with van der Waals surface area (Å²) in [5.41, 5.74) is 0.446. The highest BCUT2D eigenvalue weighted by Crippen LogP contribution is 2.49. The molecule has 1 aromatic heterocycles. The average molecular weight is 252 g/mol. The molecule has 0 amide bonds. The number of anilines is 1. The van der Waals surface area contributed by atoms with E-state index in [0.29, 0.717) is 11.4 Å². The van der Waals surface area contributed by atoms with Gasteiger partial charge in [0.1, 0.15) is 0 Å². The minimum atomic E-state index is 0.268. The standard InChI is InChI=1S/C12H20N4O2/c1-4-5-12(6-7-12)8-13-9-14-10(17-2)16-11(15-9)18-3/h4-8H2,1-3H3,(H,13,14,15,16). The normalized spacial score (nSPS) is 16.2. The van der Waals surface area contributed by atoms with Gasteiger partial charge in [0, 0.05) is 6.54 Å². The van der Waals surface area contributed by atoms with Crippen LogP contribution in [0, 0.1) is 5.41 Å². The number of hydrogen-bond acceptors (Lipinski definition) is 6. The van der Waals surface area contributed by atoms with Crippen LogP contribution < -0.4 is 14.8 Å². The predicted molar refractivity (Wildman–Crippen MR) is 68.0 cm³/mol. The van der Waals surface area contributed by atoms with E-state index in [1.165, 1.54) is 39.9 Å². The first kappa shape index (κ1) is 12.9. The Labute approximate surface area is 107 Å². The Morgan fingerprint density at radius 3 is 2.17 bits per heavy atom. The topological polar surface area (TPSA) is 69.2 Å². The zero-order chi connectivity index (χ0) is 13.0. The Bertz CT molecular complexity index is 385. The lowest BCUT2D eigenvalue weighted by Gasteiger charge is -2.15. The van der Waals surface area contributed by atoms with Crippen LogP contribution in [-0.2, 0) is 0 Å². The summed E-state index contributed by atoms with van der Waals surface area (Å²) in [7, 11) is 3.05. The Kier molecular flexibility index (Phi) is 3.84. The van der Waals surface area contributed by atoms with Crippen molar-refractivity contribution in [2.75, 3.05) is 26.1 Å². The summed E-state index contributed by atoms with van der Waals surface area (Å²) < 4.78 is 10.0. The molecule has 6 heteroatoms. The van der Waals surface area contributed by atoms with Crippen LogP contribution in [-0.4, -0.2) is 35.7 Å². The molecule has 18 heavy (non-hydrogen) atoms. The maximum absolute atomic E-state index is 5.01. The van der Waals surface area contributed by atoms with Crippen molar-refractivity contribution in [3.8, 4) is 12.0 Å². The van der Waals surface area contributed by atoms with Gasteiger partial charge < -0.3 is 14.8 Å². The Hall–Kier alpha value is -1.59. The zero-order valence-electron chi connectivity index (χ0n) is 11.2. The first-order valence-electron chi connectivity index (χ1n) is 6.29. The molecule has 1 N–H and O–H groups in total. The van der Waals surface area contributed by atoms with Gasteiger partial charge in [0.25, 0.3) is 0 Å². The van der Waals surface area contributed by atoms with Crippen LogP contribution in [0.5, 0.6) is 12.0 Å². The third kappa shape index (κ3) is 3.00. The van der Waals surface area contributed by atoms with E-state index >= 15 is 0 Å².